The van der Waals surface area contributed by atoms with E-state index in [1.807, 2.05) is 0 Å². The van der Waals surface area contributed by atoms with Crippen LogP contribution in [0.5, 0.6) is 0 Å². The van der Waals surface area contributed by atoms with E-state index in [1.54, 1.807) is 13.8 Å². The number of benzene rings is 1. The zero-order valence-corrected chi connectivity index (χ0v) is 15.5. The second-order valence-electron chi connectivity index (χ2n) is 8.35. The molecule has 2 aliphatic heterocycles. The Hall–Kier alpha value is -2.59. The van der Waals surface area contributed by atoms with Gasteiger partial charge in [-0.25, -0.2) is 4.90 Å². The first kappa shape index (κ1) is 19.7. The molecular formula is C19H17F3N2O5. The Morgan fingerprint density at radius 1 is 1.07 bits per heavy atom. The molecule has 2 saturated heterocycles. The van der Waals surface area contributed by atoms with Gasteiger partial charge in [-0.05, 0) is 23.6 Å². The molecule has 0 unspecified atom stereocenters. The summed E-state index contributed by atoms with van der Waals surface area (Å²) < 4.78 is 39.1. The highest BCUT2D eigenvalue weighted by Gasteiger charge is 2.71. The third-order valence-corrected chi connectivity index (χ3v) is 5.66. The third-order valence-electron chi connectivity index (χ3n) is 5.66. The maximum Gasteiger partial charge on any atom is 0.416 e. The molecular weight excluding hydrogens is 393 g/mol. The fourth-order valence-corrected chi connectivity index (χ4v) is 4.30. The molecule has 10 heteroatoms. The maximum absolute atomic E-state index is 13.1. The fraction of sp³-hybridized carbons (Fsp3) is 0.474. The number of ketones is 2. The summed E-state index contributed by atoms with van der Waals surface area (Å²) in [7, 11) is 0. The smallest absolute Gasteiger partial charge is 0.297 e. The normalized spacial score (nSPS) is 28.4. The van der Waals surface area contributed by atoms with Crippen molar-refractivity contribution in [3.63, 3.8) is 0 Å². The molecule has 0 radical (unpaired) electrons. The predicted octanol–water partition coefficient (Wildman–Crippen LogP) is 1.80. The first-order chi connectivity index (χ1) is 13.4. The van der Waals surface area contributed by atoms with Crippen molar-refractivity contribution in [2.45, 2.75) is 44.5 Å². The average molecular weight is 410 g/mol. The Kier molecular flexibility index (Phi) is 4.05. The van der Waals surface area contributed by atoms with Crippen LogP contribution in [0, 0.1) is 11.3 Å². The van der Waals surface area contributed by atoms with Gasteiger partial charge in [0.25, 0.3) is 5.91 Å². The highest BCUT2D eigenvalue weighted by Crippen LogP contribution is 2.47. The number of hydrogen-bond acceptors (Lipinski definition) is 6. The Bertz CT molecular complexity index is 935. The Morgan fingerprint density at radius 3 is 2.28 bits per heavy atom. The molecule has 1 aromatic rings. The summed E-state index contributed by atoms with van der Waals surface area (Å²) in [6.45, 7) is 3.47. The standard InChI is InChI=1S/C19H17F3N2O5/c1-17(2)7-11(25)18(12(26)8-17)13-14(29-23-18)16(28)24(15(13)27)10-5-3-4-9(6-10)19(20,21)22/h3-6,13-14,23H,7-8H2,1-2H3/t13-,14+/m0/s1. The van der Waals surface area contributed by atoms with Gasteiger partial charge in [0.15, 0.2) is 23.2 Å². The lowest BCUT2D eigenvalue weighted by molar-refractivity contribution is -0.150. The molecule has 2 atom stereocenters. The van der Waals surface area contributed by atoms with Gasteiger partial charge in [0.2, 0.25) is 5.91 Å². The van der Waals surface area contributed by atoms with E-state index in [0.717, 1.165) is 12.1 Å². The topological polar surface area (TPSA) is 92.8 Å². The lowest BCUT2D eigenvalue weighted by Gasteiger charge is -2.39. The monoisotopic (exact) mass is 410 g/mol. The van der Waals surface area contributed by atoms with Gasteiger partial charge in [-0.15, -0.1) is 0 Å². The summed E-state index contributed by atoms with van der Waals surface area (Å²) in [6, 6.07) is 3.73. The molecule has 3 fully saturated rings. The minimum absolute atomic E-state index is 0.0106. The Balaban J connectivity index is 1.74. The van der Waals surface area contributed by atoms with Crippen molar-refractivity contribution in [2.24, 2.45) is 11.3 Å². The number of anilines is 1. The lowest BCUT2D eigenvalue weighted by Crippen LogP contribution is -2.64. The molecule has 0 bridgehead atoms. The molecule has 2 amide bonds. The van der Waals surface area contributed by atoms with Crippen molar-refractivity contribution in [1.29, 1.82) is 0 Å². The van der Waals surface area contributed by atoms with Gasteiger partial charge >= 0.3 is 6.18 Å². The van der Waals surface area contributed by atoms with Crippen LogP contribution in [-0.4, -0.2) is 35.0 Å². The number of hydrogen-bond donors (Lipinski definition) is 1. The number of halogens is 3. The molecule has 1 N–H and O–H groups in total. The number of Topliss-reactive ketones (excluding diaryl/α,β-unsaturated/α-hetero) is 2. The molecule has 7 nitrogen and oxygen atoms in total. The molecule has 1 aromatic carbocycles. The molecule has 4 rings (SSSR count). The van der Waals surface area contributed by atoms with E-state index >= 15 is 0 Å². The van der Waals surface area contributed by atoms with Crippen LogP contribution in [0.25, 0.3) is 0 Å². The van der Waals surface area contributed by atoms with Crippen LogP contribution in [0.4, 0.5) is 18.9 Å². The number of imide groups is 1. The number of fused-ring (bicyclic) bond motifs is 2. The number of rotatable bonds is 1. The molecule has 0 aromatic heterocycles. The van der Waals surface area contributed by atoms with Crippen molar-refractivity contribution in [2.75, 3.05) is 4.90 Å². The first-order valence-corrected chi connectivity index (χ1v) is 8.93. The van der Waals surface area contributed by atoms with E-state index in [0.29, 0.717) is 11.0 Å². The van der Waals surface area contributed by atoms with Gasteiger partial charge in [-0.1, -0.05) is 19.9 Å². The molecule has 3 aliphatic rings. The number of carbonyl (C=O) groups is 4. The highest BCUT2D eigenvalue weighted by atomic mass is 19.4. The van der Waals surface area contributed by atoms with E-state index in [4.69, 9.17) is 4.84 Å². The minimum atomic E-state index is -4.67. The van der Waals surface area contributed by atoms with E-state index in [9.17, 15) is 32.3 Å². The van der Waals surface area contributed by atoms with Crippen LogP contribution in [0.3, 0.4) is 0 Å². The van der Waals surface area contributed by atoms with E-state index < -0.39 is 58.1 Å². The van der Waals surface area contributed by atoms with Crippen LogP contribution >= 0.6 is 0 Å². The van der Waals surface area contributed by atoms with Gasteiger partial charge in [-0.2, -0.15) is 18.7 Å². The zero-order chi connectivity index (χ0) is 21.4. The molecule has 1 saturated carbocycles. The van der Waals surface area contributed by atoms with Crippen LogP contribution in [0.15, 0.2) is 24.3 Å². The van der Waals surface area contributed by atoms with Crippen LogP contribution in [0.2, 0.25) is 0 Å². The van der Waals surface area contributed by atoms with E-state index in [-0.39, 0.29) is 18.5 Å². The fourth-order valence-electron chi connectivity index (χ4n) is 4.30. The number of hydroxylamine groups is 1. The number of nitrogens with zero attached hydrogens (tertiary/aromatic N) is 1. The maximum atomic E-state index is 13.1. The quantitative estimate of drug-likeness (QED) is 0.561. The molecule has 2 heterocycles. The molecule has 154 valence electrons. The third kappa shape index (κ3) is 2.73. The summed E-state index contributed by atoms with van der Waals surface area (Å²) in [5.74, 6) is -4.46. The van der Waals surface area contributed by atoms with Crippen LogP contribution in [-0.2, 0) is 30.2 Å². The van der Waals surface area contributed by atoms with Gasteiger partial charge in [0, 0.05) is 12.8 Å². The SMILES string of the molecule is CC1(C)CC(=O)C2(NO[C@H]3C(=O)N(c4cccc(C(F)(F)F)c4)C(=O)[C@H]32)C(=O)C1. The lowest BCUT2D eigenvalue weighted by atomic mass is 9.63. The Morgan fingerprint density at radius 2 is 1.69 bits per heavy atom. The van der Waals surface area contributed by atoms with Crippen molar-refractivity contribution >= 4 is 29.1 Å². The summed E-state index contributed by atoms with van der Waals surface area (Å²) in [6.07, 6.45) is -6.16. The number of carbonyl (C=O) groups excluding carboxylic acids is 4. The van der Waals surface area contributed by atoms with Crippen LogP contribution < -0.4 is 10.4 Å². The van der Waals surface area contributed by atoms with Gasteiger partial charge < -0.3 is 0 Å². The average Bonchev–Trinajstić information content (AvgIpc) is 3.10. The van der Waals surface area contributed by atoms with Gasteiger partial charge in [-0.3, -0.25) is 24.0 Å². The predicted molar refractivity (Wildman–Crippen MR) is 91.2 cm³/mol. The molecule has 1 aliphatic carbocycles. The zero-order valence-electron chi connectivity index (χ0n) is 15.5. The van der Waals surface area contributed by atoms with Crippen molar-refractivity contribution < 1.29 is 37.2 Å². The largest absolute Gasteiger partial charge is 0.416 e. The highest BCUT2D eigenvalue weighted by molar-refractivity contribution is 6.29. The molecule has 1 spiro atoms. The van der Waals surface area contributed by atoms with Gasteiger partial charge in [0.05, 0.1) is 11.3 Å². The number of amides is 2. The second-order valence-corrected chi connectivity index (χ2v) is 8.35. The van der Waals surface area contributed by atoms with Crippen molar-refractivity contribution in [3.05, 3.63) is 29.8 Å². The Labute approximate surface area is 163 Å². The summed E-state index contributed by atoms with van der Waals surface area (Å²) >= 11 is 0. The number of nitrogens with one attached hydrogen (secondary N) is 1. The van der Waals surface area contributed by atoms with E-state index in [1.165, 1.54) is 6.07 Å². The van der Waals surface area contributed by atoms with Gasteiger partial charge in [0.1, 0.15) is 5.92 Å². The molecule has 29 heavy (non-hydrogen) atoms. The van der Waals surface area contributed by atoms with Crippen molar-refractivity contribution in [3.8, 4) is 0 Å². The van der Waals surface area contributed by atoms with Crippen molar-refractivity contribution in [1.82, 2.24) is 5.48 Å². The van der Waals surface area contributed by atoms with Crippen LogP contribution in [0.1, 0.15) is 32.3 Å². The number of alkyl halides is 3. The minimum Gasteiger partial charge on any atom is -0.297 e. The first-order valence-electron chi connectivity index (χ1n) is 8.93. The summed E-state index contributed by atoms with van der Waals surface area (Å²) in [4.78, 5) is 57.3. The van der Waals surface area contributed by atoms with E-state index in [2.05, 4.69) is 5.48 Å². The second kappa shape index (κ2) is 5.96. The summed E-state index contributed by atoms with van der Waals surface area (Å²) in [5.41, 5.74) is -1.60. The summed E-state index contributed by atoms with van der Waals surface area (Å²) in [5, 5.41) is 0.